The second-order valence-corrected chi connectivity index (χ2v) is 10.6. The monoisotopic (exact) mass is 449 g/mol. The number of hydrogen-bond donors (Lipinski definition) is 2. The van der Waals surface area contributed by atoms with Crippen LogP contribution >= 0.6 is 11.3 Å². The van der Waals surface area contributed by atoms with Crippen LogP contribution in [0.4, 0.5) is 5.00 Å². The fraction of sp³-hybridized carbons (Fsp3) is 0.708. The number of rotatable bonds is 7. The molecule has 0 aromatic carbocycles. The molecule has 0 bridgehead atoms. The second kappa shape index (κ2) is 9.72. The summed E-state index contributed by atoms with van der Waals surface area (Å²) in [4.78, 5) is 38.7. The number of nitrogens with one attached hydrogen (secondary N) is 1. The summed E-state index contributed by atoms with van der Waals surface area (Å²) in [7, 11) is 0. The summed E-state index contributed by atoms with van der Waals surface area (Å²) < 4.78 is 5.32. The number of aliphatic carboxylic acids is 1. The van der Waals surface area contributed by atoms with E-state index in [9.17, 15) is 19.5 Å². The maximum Gasteiger partial charge on any atom is 0.341 e. The number of ether oxygens (including phenoxy) is 1. The lowest BCUT2D eigenvalue weighted by molar-refractivity contribution is -0.147. The van der Waals surface area contributed by atoms with Crippen LogP contribution in [-0.2, 0) is 27.2 Å². The maximum atomic E-state index is 13.1. The Morgan fingerprint density at radius 2 is 1.81 bits per heavy atom. The van der Waals surface area contributed by atoms with Gasteiger partial charge in [-0.25, -0.2) is 4.79 Å². The predicted octanol–water partition coefficient (Wildman–Crippen LogP) is 5.30. The van der Waals surface area contributed by atoms with E-state index in [-0.39, 0.29) is 17.9 Å². The number of carboxylic acid groups (broad SMARTS) is 1. The number of fused-ring (bicyclic) bond motifs is 1. The molecule has 0 unspecified atom stereocenters. The van der Waals surface area contributed by atoms with Gasteiger partial charge in [0.15, 0.2) is 0 Å². The van der Waals surface area contributed by atoms with Crippen molar-refractivity contribution < 1.29 is 24.2 Å². The Hall–Kier alpha value is -1.89. The lowest BCUT2D eigenvalue weighted by Gasteiger charge is -2.36. The van der Waals surface area contributed by atoms with Gasteiger partial charge in [0.2, 0.25) is 5.91 Å². The highest BCUT2D eigenvalue weighted by Gasteiger charge is 2.38. The van der Waals surface area contributed by atoms with Crippen LogP contribution in [0.3, 0.4) is 0 Å². The molecule has 7 heteroatoms. The van der Waals surface area contributed by atoms with Gasteiger partial charge in [0.1, 0.15) is 5.00 Å². The molecule has 6 nitrogen and oxygen atoms in total. The molecule has 1 saturated carbocycles. The van der Waals surface area contributed by atoms with Crippen LogP contribution in [0.1, 0.15) is 87.0 Å². The van der Waals surface area contributed by atoms with Crippen molar-refractivity contribution in [2.45, 2.75) is 79.1 Å². The fourth-order valence-corrected chi connectivity index (χ4v) is 6.31. The molecule has 31 heavy (non-hydrogen) atoms. The quantitative estimate of drug-likeness (QED) is 0.551. The Morgan fingerprint density at radius 3 is 2.42 bits per heavy atom. The molecule has 172 valence electrons. The smallest absolute Gasteiger partial charge is 0.341 e. The van der Waals surface area contributed by atoms with Crippen molar-refractivity contribution in [3.8, 4) is 0 Å². The third-order valence-electron chi connectivity index (χ3n) is 7.42. The highest BCUT2D eigenvalue weighted by molar-refractivity contribution is 7.17. The first-order valence-electron chi connectivity index (χ1n) is 11.5. The summed E-state index contributed by atoms with van der Waals surface area (Å²) in [6.07, 6.45) is 6.55. The van der Waals surface area contributed by atoms with Gasteiger partial charge in [-0.05, 0) is 55.9 Å². The third kappa shape index (κ3) is 4.97. The van der Waals surface area contributed by atoms with E-state index in [1.807, 2.05) is 0 Å². The lowest BCUT2D eigenvalue weighted by Crippen LogP contribution is -2.36. The molecular formula is C24H35NO5S. The van der Waals surface area contributed by atoms with E-state index >= 15 is 0 Å². The molecule has 1 heterocycles. The van der Waals surface area contributed by atoms with Gasteiger partial charge in [-0.15, -0.1) is 11.3 Å². The van der Waals surface area contributed by atoms with E-state index in [1.54, 1.807) is 6.92 Å². The topological polar surface area (TPSA) is 92.7 Å². The molecule has 3 rings (SSSR count). The molecule has 2 aliphatic rings. The van der Waals surface area contributed by atoms with Gasteiger partial charge in [-0.1, -0.05) is 40.0 Å². The molecule has 3 atom stereocenters. The minimum Gasteiger partial charge on any atom is -0.481 e. The molecule has 2 aliphatic carbocycles. The largest absolute Gasteiger partial charge is 0.481 e. The first kappa shape index (κ1) is 23.8. The van der Waals surface area contributed by atoms with Crippen molar-refractivity contribution in [3.05, 3.63) is 16.0 Å². The van der Waals surface area contributed by atoms with Crippen LogP contribution < -0.4 is 5.32 Å². The van der Waals surface area contributed by atoms with Crippen molar-refractivity contribution in [2.75, 3.05) is 11.9 Å². The van der Waals surface area contributed by atoms with Gasteiger partial charge >= 0.3 is 11.9 Å². The minimum atomic E-state index is -0.916. The van der Waals surface area contributed by atoms with Crippen LogP contribution in [0.15, 0.2) is 0 Å². The number of amides is 1. The fourth-order valence-electron chi connectivity index (χ4n) is 4.99. The van der Waals surface area contributed by atoms with E-state index in [4.69, 9.17) is 4.74 Å². The highest BCUT2D eigenvalue weighted by atomic mass is 32.1. The molecule has 0 spiro atoms. The zero-order valence-corrected chi connectivity index (χ0v) is 19.9. The molecule has 1 aromatic heterocycles. The van der Waals surface area contributed by atoms with Crippen molar-refractivity contribution in [1.82, 2.24) is 0 Å². The summed E-state index contributed by atoms with van der Waals surface area (Å²) in [6.45, 7) is 8.84. The molecule has 0 saturated heterocycles. The Balaban J connectivity index is 1.90. The average Bonchev–Trinajstić information content (AvgIpc) is 3.10. The average molecular weight is 450 g/mol. The van der Waals surface area contributed by atoms with Gasteiger partial charge in [0, 0.05) is 4.88 Å². The first-order valence-corrected chi connectivity index (χ1v) is 12.4. The molecular weight excluding hydrogens is 414 g/mol. The molecule has 2 N–H and O–H groups in total. The van der Waals surface area contributed by atoms with Crippen LogP contribution in [0.25, 0.3) is 0 Å². The Kier molecular flexibility index (Phi) is 7.45. The summed E-state index contributed by atoms with van der Waals surface area (Å²) in [5.41, 5.74) is 1.69. The summed E-state index contributed by atoms with van der Waals surface area (Å²) >= 11 is 1.47. The molecule has 0 radical (unpaired) electrons. The Labute approximate surface area is 188 Å². The number of carbonyl (C=O) groups excluding carboxylic acids is 2. The zero-order valence-electron chi connectivity index (χ0n) is 19.1. The van der Waals surface area contributed by atoms with Crippen LogP contribution in [0.2, 0.25) is 0 Å². The van der Waals surface area contributed by atoms with E-state index < -0.39 is 23.8 Å². The number of carbonyl (C=O) groups is 3. The minimum absolute atomic E-state index is 0.214. The van der Waals surface area contributed by atoms with E-state index in [1.165, 1.54) is 11.3 Å². The Bertz CT molecular complexity index is 843. The zero-order chi connectivity index (χ0) is 22.8. The van der Waals surface area contributed by atoms with Gasteiger partial charge in [0.25, 0.3) is 0 Å². The number of anilines is 1. The number of carboxylic acids is 1. The van der Waals surface area contributed by atoms with Crippen molar-refractivity contribution in [2.24, 2.45) is 23.2 Å². The van der Waals surface area contributed by atoms with Crippen LogP contribution in [0.5, 0.6) is 0 Å². The van der Waals surface area contributed by atoms with Crippen LogP contribution in [0, 0.1) is 23.2 Å². The summed E-state index contributed by atoms with van der Waals surface area (Å²) in [5, 5.41) is 13.0. The van der Waals surface area contributed by atoms with Gasteiger partial charge in [0.05, 0.1) is 24.0 Å². The highest BCUT2D eigenvalue weighted by Crippen LogP contribution is 2.46. The number of esters is 1. The lowest BCUT2D eigenvalue weighted by atomic mass is 9.69. The SMILES string of the molecule is CCOC(=O)c1c(NC(=O)[C@@H]2CCCC[C@@H]2C(=O)O)sc2c1CC[C@@H](C(C)(C)CC)C2. The van der Waals surface area contributed by atoms with Crippen LogP contribution in [-0.4, -0.2) is 29.6 Å². The van der Waals surface area contributed by atoms with Gasteiger partial charge in [-0.3, -0.25) is 9.59 Å². The summed E-state index contributed by atoms with van der Waals surface area (Å²) in [6, 6.07) is 0. The third-order valence-corrected chi connectivity index (χ3v) is 8.59. The molecule has 0 aliphatic heterocycles. The second-order valence-electron chi connectivity index (χ2n) is 9.54. The van der Waals surface area contributed by atoms with Crippen molar-refractivity contribution in [3.63, 3.8) is 0 Å². The van der Waals surface area contributed by atoms with E-state index in [0.717, 1.165) is 49.0 Å². The Morgan fingerprint density at radius 1 is 1.13 bits per heavy atom. The molecule has 1 aromatic rings. The maximum absolute atomic E-state index is 13.1. The first-order chi connectivity index (χ1) is 14.7. The van der Waals surface area contributed by atoms with Crippen molar-refractivity contribution >= 4 is 34.2 Å². The predicted molar refractivity (Wildman–Crippen MR) is 122 cm³/mol. The van der Waals surface area contributed by atoms with E-state index in [2.05, 4.69) is 26.1 Å². The number of hydrogen-bond acceptors (Lipinski definition) is 5. The molecule has 1 fully saturated rings. The van der Waals surface area contributed by atoms with E-state index in [0.29, 0.717) is 29.3 Å². The van der Waals surface area contributed by atoms with Gasteiger partial charge in [-0.2, -0.15) is 0 Å². The molecule has 1 amide bonds. The summed E-state index contributed by atoms with van der Waals surface area (Å²) in [5.74, 6) is -2.31. The van der Waals surface area contributed by atoms with Gasteiger partial charge < -0.3 is 15.2 Å². The number of thiophene rings is 1. The standard InChI is InChI=1S/C24H35NO5S/c1-5-24(3,4)14-11-12-17-18(13-14)31-21(19(17)23(29)30-6-2)25-20(26)15-9-7-8-10-16(15)22(27)28/h14-16H,5-13H2,1-4H3,(H,25,26)(H,27,28)/t14-,15-,16+/m1/s1. The van der Waals surface area contributed by atoms with Crippen molar-refractivity contribution in [1.29, 1.82) is 0 Å². The normalized spacial score (nSPS) is 23.7.